The van der Waals surface area contributed by atoms with E-state index in [-0.39, 0.29) is 5.82 Å². The van der Waals surface area contributed by atoms with E-state index in [4.69, 9.17) is 24.5 Å². The molecule has 0 bridgehead atoms. The molecule has 15 nitrogen and oxygen atoms in total. The number of ether oxygens (including phenoxy) is 3. The standard InChI is InChI=1S/C22H36F2N5O10P/c1-10(2)37-18(32)12(5)27-40(35,28-13(6)19(33)38-11(3)4)36-9-22(20(23)24)16(31)15(30)17(39-22)29-8-7-14(25)26-21(29)34/h7-8,10-13,15-17,20,30-31H,9H2,1-6H3,(H2,25,26,34)(H2,27,28,35). The van der Waals surface area contributed by atoms with Gasteiger partial charge in [0, 0.05) is 6.20 Å². The number of aliphatic hydroxyl groups excluding tert-OH is 2. The van der Waals surface area contributed by atoms with E-state index in [1.54, 1.807) is 27.7 Å². The molecule has 228 valence electrons. The third-order valence-electron chi connectivity index (χ3n) is 5.56. The van der Waals surface area contributed by atoms with E-state index in [0.29, 0.717) is 4.57 Å². The fraction of sp³-hybridized carbons (Fsp3) is 0.727. The molecule has 1 fully saturated rings. The number of halogens is 2. The quantitative estimate of drug-likeness (QED) is 0.150. The summed E-state index contributed by atoms with van der Waals surface area (Å²) in [5.74, 6) is -1.93. The maximum atomic E-state index is 14.4. The number of rotatable bonds is 13. The van der Waals surface area contributed by atoms with Crippen LogP contribution in [0.25, 0.3) is 0 Å². The molecule has 1 aliphatic heterocycles. The Labute approximate surface area is 228 Å². The Morgan fingerprint density at radius 1 is 1.12 bits per heavy atom. The van der Waals surface area contributed by atoms with Gasteiger partial charge in [0.05, 0.1) is 18.8 Å². The van der Waals surface area contributed by atoms with E-state index in [0.717, 1.165) is 12.3 Å². The van der Waals surface area contributed by atoms with E-state index < -0.39 is 86.7 Å². The van der Waals surface area contributed by atoms with Gasteiger partial charge >= 0.3 is 25.3 Å². The van der Waals surface area contributed by atoms with Crippen LogP contribution in [0, 0.1) is 0 Å². The summed E-state index contributed by atoms with van der Waals surface area (Å²) in [6, 6.07) is -1.52. The lowest BCUT2D eigenvalue weighted by Gasteiger charge is -2.33. The van der Waals surface area contributed by atoms with Crippen LogP contribution in [-0.4, -0.2) is 86.8 Å². The summed E-state index contributed by atoms with van der Waals surface area (Å²) in [6.45, 7) is 7.43. The van der Waals surface area contributed by atoms with Crippen molar-refractivity contribution in [3.63, 3.8) is 0 Å². The minimum atomic E-state index is -4.62. The molecule has 1 saturated heterocycles. The molecule has 1 aromatic heterocycles. The number of carbonyl (C=O) groups excluding carboxylic acids is 2. The van der Waals surface area contributed by atoms with E-state index in [1.807, 2.05) is 0 Å². The number of hydrogen-bond acceptors (Lipinski definition) is 12. The Hall–Kier alpha value is -2.53. The van der Waals surface area contributed by atoms with Gasteiger partial charge in [0.25, 0.3) is 6.43 Å². The van der Waals surface area contributed by atoms with Gasteiger partial charge in [-0.05, 0) is 47.6 Å². The zero-order valence-corrected chi connectivity index (χ0v) is 23.7. The summed E-state index contributed by atoms with van der Waals surface area (Å²) in [7, 11) is -4.62. The van der Waals surface area contributed by atoms with Gasteiger partial charge in [-0.15, -0.1) is 0 Å². The zero-order chi connectivity index (χ0) is 30.6. The second-order valence-corrected chi connectivity index (χ2v) is 11.6. The van der Waals surface area contributed by atoms with Gasteiger partial charge < -0.3 is 34.7 Å². The van der Waals surface area contributed by atoms with Crippen LogP contribution < -0.4 is 21.6 Å². The van der Waals surface area contributed by atoms with Crippen molar-refractivity contribution in [2.24, 2.45) is 0 Å². The molecule has 0 amide bonds. The number of aliphatic hydroxyl groups is 2. The van der Waals surface area contributed by atoms with Crippen LogP contribution in [0.15, 0.2) is 17.1 Å². The Morgan fingerprint density at radius 2 is 1.62 bits per heavy atom. The van der Waals surface area contributed by atoms with E-state index >= 15 is 0 Å². The topological polar surface area (TPSA) is 214 Å². The van der Waals surface area contributed by atoms with Crippen molar-refractivity contribution in [1.82, 2.24) is 19.7 Å². The number of aromatic nitrogens is 2. The lowest BCUT2D eigenvalue weighted by molar-refractivity contribution is -0.192. The molecule has 2 rings (SSSR count). The van der Waals surface area contributed by atoms with Crippen LogP contribution in [0.3, 0.4) is 0 Å². The predicted octanol–water partition coefficient (Wildman–Crippen LogP) is 0.0641. The van der Waals surface area contributed by atoms with Gasteiger partial charge in [-0.1, -0.05) is 0 Å². The number of anilines is 1. The largest absolute Gasteiger partial charge is 0.462 e. The smallest absolute Gasteiger partial charge is 0.351 e. The predicted molar refractivity (Wildman–Crippen MR) is 135 cm³/mol. The summed E-state index contributed by atoms with van der Waals surface area (Å²) in [5.41, 5.74) is 1.35. The Bertz CT molecular complexity index is 1120. The minimum absolute atomic E-state index is 0.189. The fourth-order valence-corrected chi connectivity index (χ4v) is 5.44. The molecule has 6 atom stereocenters. The lowest BCUT2D eigenvalue weighted by atomic mass is 9.96. The second kappa shape index (κ2) is 13.4. The molecular formula is C22H36F2N5O10P. The molecule has 0 saturated carbocycles. The highest BCUT2D eigenvalue weighted by Gasteiger charge is 2.61. The van der Waals surface area contributed by atoms with E-state index in [9.17, 15) is 37.9 Å². The molecular weight excluding hydrogens is 563 g/mol. The number of esters is 2. The SMILES string of the molecule is CC(C)OC(=O)C(C)NP(=O)(NC(C)C(=O)OC(C)C)OCC1(C(F)F)OC(n2ccc(N)nc2=O)C(O)C1O. The van der Waals surface area contributed by atoms with Crippen molar-refractivity contribution in [3.8, 4) is 0 Å². The molecule has 6 unspecified atom stereocenters. The van der Waals surface area contributed by atoms with Crippen molar-refractivity contribution in [2.75, 3.05) is 12.3 Å². The molecule has 40 heavy (non-hydrogen) atoms. The van der Waals surface area contributed by atoms with Gasteiger partial charge in [-0.2, -0.15) is 4.98 Å². The van der Waals surface area contributed by atoms with Crippen molar-refractivity contribution in [1.29, 1.82) is 0 Å². The van der Waals surface area contributed by atoms with Crippen LogP contribution in [0.5, 0.6) is 0 Å². The molecule has 18 heteroatoms. The van der Waals surface area contributed by atoms with Crippen LogP contribution in [0.4, 0.5) is 14.6 Å². The Kier molecular flexibility index (Phi) is 11.3. The van der Waals surface area contributed by atoms with E-state index in [1.165, 1.54) is 13.8 Å². The minimum Gasteiger partial charge on any atom is -0.462 e. The molecule has 1 aliphatic rings. The highest BCUT2D eigenvalue weighted by molar-refractivity contribution is 7.54. The molecule has 1 aromatic rings. The van der Waals surface area contributed by atoms with Crippen molar-refractivity contribution in [2.45, 2.75) is 96.3 Å². The highest BCUT2D eigenvalue weighted by Crippen LogP contribution is 2.46. The van der Waals surface area contributed by atoms with Crippen LogP contribution >= 0.6 is 7.67 Å². The van der Waals surface area contributed by atoms with E-state index in [2.05, 4.69) is 15.2 Å². The molecule has 0 aliphatic carbocycles. The monoisotopic (exact) mass is 599 g/mol. The summed E-state index contributed by atoms with van der Waals surface area (Å²) in [6.07, 6.45) is -9.92. The van der Waals surface area contributed by atoms with Gasteiger partial charge in [0.1, 0.15) is 30.1 Å². The lowest BCUT2D eigenvalue weighted by Crippen LogP contribution is -2.53. The third-order valence-corrected chi connectivity index (χ3v) is 7.51. The number of alkyl halides is 2. The van der Waals surface area contributed by atoms with Crippen molar-refractivity contribution < 1.29 is 51.9 Å². The normalized spacial score (nSPS) is 26.1. The van der Waals surface area contributed by atoms with Crippen LogP contribution in [-0.2, 0) is 32.9 Å². The molecule has 2 heterocycles. The molecule has 0 radical (unpaired) electrons. The number of nitrogens with two attached hydrogens (primary N) is 1. The molecule has 6 N–H and O–H groups in total. The van der Waals surface area contributed by atoms with Crippen molar-refractivity contribution in [3.05, 3.63) is 22.7 Å². The summed E-state index contributed by atoms with van der Waals surface area (Å²) in [4.78, 5) is 40.3. The molecule has 0 spiro atoms. The number of hydrogen-bond donors (Lipinski definition) is 5. The number of nitrogens with one attached hydrogen (secondary N) is 2. The maximum absolute atomic E-state index is 14.4. The van der Waals surface area contributed by atoms with Crippen LogP contribution in [0.1, 0.15) is 47.8 Å². The summed E-state index contributed by atoms with van der Waals surface area (Å²) < 4.78 is 64.0. The van der Waals surface area contributed by atoms with Crippen LogP contribution in [0.2, 0.25) is 0 Å². The highest BCUT2D eigenvalue weighted by atomic mass is 31.2. The Morgan fingerprint density at radius 3 is 2.05 bits per heavy atom. The fourth-order valence-electron chi connectivity index (χ4n) is 3.60. The number of nitrogen functional groups attached to an aromatic ring is 1. The maximum Gasteiger partial charge on any atom is 0.351 e. The first-order valence-corrected chi connectivity index (χ1v) is 13.9. The van der Waals surface area contributed by atoms with Gasteiger partial charge in [-0.25, -0.2) is 23.7 Å². The van der Waals surface area contributed by atoms with Gasteiger partial charge in [-0.3, -0.25) is 18.7 Å². The zero-order valence-electron chi connectivity index (χ0n) is 22.8. The number of carbonyl (C=O) groups is 2. The second-order valence-electron chi connectivity index (χ2n) is 9.74. The molecule has 0 aromatic carbocycles. The summed E-state index contributed by atoms with van der Waals surface area (Å²) >= 11 is 0. The first kappa shape index (κ1) is 33.7. The van der Waals surface area contributed by atoms with Gasteiger partial charge in [0.15, 0.2) is 11.8 Å². The van der Waals surface area contributed by atoms with Crippen molar-refractivity contribution >= 4 is 25.4 Å². The Balaban J connectivity index is 2.38. The average Bonchev–Trinajstić information content (AvgIpc) is 3.08. The summed E-state index contributed by atoms with van der Waals surface area (Å²) in [5, 5.41) is 25.8. The average molecular weight is 600 g/mol. The third kappa shape index (κ3) is 8.02. The first-order chi connectivity index (χ1) is 18.4. The van der Waals surface area contributed by atoms with Gasteiger partial charge in [0.2, 0.25) is 0 Å². The first-order valence-electron chi connectivity index (χ1n) is 12.3. The number of nitrogens with zero attached hydrogens (tertiary/aromatic N) is 2.